The van der Waals surface area contributed by atoms with Crippen LogP contribution < -0.4 is 10.4 Å². The van der Waals surface area contributed by atoms with E-state index in [9.17, 15) is 0 Å². The van der Waals surface area contributed by atoms with E-state index in [2.05, 4.69) is 81.4 Å². The zero-order valence-electron chi connectivity index (χ0n) is 16.2. The molecule has 0 unspecified atom stereocenters. The van der Waals surface area contributed by atoms with Crippen LogP contribution in [-0.2, 0) is 4.43 Å². The first-order valence-corrected chi connectivity index (χ1v) is 11.4. The van der Waals surface area contributed by atoms with Crippen LogP contribution in [0.25, 0.3) is 0 Å². The first-order valence-electron chi connectivity index (χ1n) is 9.49. The van der Waals surface area contributed by atoms with Crippen LogP contribution in [-0.4, -0.2) is 32.1 Å². The molecule has 0 aliphatic carbocycles. The number of unbranched alkanes of at least 4 members (excludes halogenated alkanes) is 2. The zero-order valence-corrected chi connectivity index (χ0v) is 17.2. The molecule has 0 bridgehead atoms. The molecule has 26 heavy (non-hydrogen) atoms. The van der Waals surface area contributed by atoms with E-state index >= 15 is 0 Å². The third kappa shape index (κ3) is 5.07. The van der Waals surface area contributed by atoms with Crippen LogP contribution >= 0.6 is 0 Å². The summed E-state index contributed by atoms with van der Waals surface area (Å²) in [6.45, 7) is 7.53. The molecule has 140 valence electrons. The standard InChI is InChI=1S/C21H31BO3Si/c1-21(2,3)26(19-13-7-4-8-14-19,20-15-9-5-10-16-20)25-18-12-6-11-17-22(23)24/h4-5,7-10,13-16,23-24H,6,11-12,17-18H2,1-3H3. The van der Waals surface area contributed by atoms with Gasteiger partial charge in [-0.15, -0.1) is 0 Å². The molecule has 2 N–H and O–H groups in total. The fourth-order valence-electron chi connectivity index (χ4n) is 3.59. The molecule has 0 saturated carbocycles. The lowest BCUT2D eigenvalue weighted by molar-refractivity contribution is 0.287. The summed E-state index contributed by atoms with van der Waals surface area (Å²) in [5.41, 5.74) is 0. The lowest BCUT2D eigenvalue weighted by Gasteiger charge is -2.43. The Kier molecular flexibility index (Phi) is 7.65. The van der Waals surface area contributed by atoms with Crippen molar-refractivity contribution in [3.63, 3.8) is 0 Å². The van der Waals surface area contributed by atoms with Gasteiger partial charge in [0.25, 0.3) is 8.32 Å². The molecule has 0 saturated heterocycles. The van der Waals surface area contributed by atoms with Gasteiger partial charge in [-0.1, -0.05) is 94.3 Å². The molecule has 2 aromatic carbocycles. The van der Waals surface area contributed by atoms with E-state index in [0.717, 1.165) is 19.3 Å². The molecule has 2 rings (SSSR count). The molecule has 5 heteroatoms. The second-order valence-corrected chi connectivity index (χ2v) is 12.1. The molecule has 0 radical (unpaired) electrons. The van der Waals surface area contributed by atoms with Crippen molar-refractivity contribution in [2.75, 3.05) is 6.61 Å². The Morgan fingerprint density at radius 2 is 1.31 bits per heavy atom. The van der Waals surface area contributed by atoms with E-state index < -0.39 is 15.4 Å². The maximum atomic E-state index is 8.97. The summed E-state index contributed by atoms with van der Waals surface area (Å²) in [6.07, 6.45) is 3.11. The van der Waals surface area contributed by atoms with E-state index in [1.165, 1.54) is 10.4 Å². The van der Waals surface area contributed by atoms with Gasteiger partial charge in [0.15, 0.2) is 0 Å². The van der Waals surface area contributed by atoms with E-state index in [-0.39, 0.29) is 5.04 Å². The molecule has 3 nitrogen and oxygen atoms in total. The molecule has 0 fully saturated rings. The topological polar surface area (TPSA) is 49.7 Å². The predicted octanol–water partition coefficient (Wildman–Crippen LogP) is 3.21. The quantitative estimate of drug-likeness (QED) is 0.526. The Balaban J connectivity index is 2.26. The molecule has 0 spiro atoms. The van der Waals surface area contributed by atoms with Crippen LogP contribution in [0.1, 0.15) is 40.0 Å². The van der Waals surface area contributed by atoms with Gasteiger partial charge in [-0.3, -0.25) is 0 Å². The minimum atomic E-state index is -2.43. The van der Waals surface area contributed by atoms with Crippen LogP contribution in [0, 0.1) is 0 Å². The van der Waals surface area contributed by atoms with Crippen molar-refractivity contribution in [3.8, 4) is 0 Å². The molecule has 0 amide bonds. The second kappa shape index (κ2) is 9.51. The van der Waals surface area contributed by atoms with Crippen molar-refractivity contribution in [3.05, 3.63) is 60.7 Å². The van der Waals surface area contributed by atoms with Gasteiger partial charge >= 0.3 is 7.12 Å². The molecule has 0 aliphatic rings. The molecule has 2 aromatic rings. The van der Waals surface area contributed by atoms with Crippen LogP contribution in [0.4, 0.5) is 0 Å². The molecule has 0 aromatic heterocycles. The first kappa shape index (κ1) is 20.9. The van der Waals surface area contributed by atoms with Crippen molar-refractivity contribution in [2.24, 2.45) is 0 Å². The molecule has 0 aliphatic heterocycles. The minimum Gasteiger partial charge on any atom is -0.427 e. The summed E-state index contributed by atoms with van der Waals surface area (Å²) in [4.78, 5) is 0. The van der Waals surface area contributed by atoms with Crippen LogP contribution in [0.2, 0.25) is 11.4 Å². The summed E-state index contributed by atoms with van der Waals surface area (Å²) >= 11 is 0. The van der Waals surface area contributed by atoms with E-state index in [1.54, 1.807) is 0 Å². The summed E-state index contributed by atoms with van der Waals surface area (Å²) in [5, 5.41) is 20.5. The highest BCUT2D eigenvalue weighted by Crippen LogP contribution is 2.36. The summed E-state index contributed by atoms with van der Waals surface area (Å²) in [6, 6.07) is 21.3. The minimum absolute atomic E-state index is 0.00298. The van der Waals surface area contributed by atoms with Crippen LogP contribution in [0.3, 0.4) is 0 Å². The Labute approximate surface area is 159 Å². The van der Waals surface area contributed by atoms with Crippen LogP contribution in [0.5, 0.6) is 0 Å². The van der Waals surface area contributed by atoms with Crippen molar-refractivity contribution >= 4 is 25.8 Å². The van der Waals surface area contributed by atoms with E-state index in [4.69, 9.17) is 14.5 Å². The first-order chi connectivity index (χ1) is 12.4. The SMILES string of the molecule is CC(C)(C)[Si](OCCCCCB(O)O)(c1ccccc1)c1ccccc1. The smallest absolute Gasteiger partial charge is 0.427 e. The summed E-state index contributed by atoms with van der Waals surface area (Å²) in [7, 11) is -3.63. The summed E-state index contributed by atoms with van der Waals surface area (Å²) in [5.74, 6) is 0. The van der Waals surface area contributed by atoms with E-state index in [0.29, 0.717) is 12.9 Å². The van der Waals surface area contributed by atoms with Crippen molar-refractivity contribution in [1.29, 1.82) is 0 Å². The number of hydrogen-bond acceptors (Lipinski definition) is 3. The van der Waals surface area contributed by atoms with E-state index in [1.807, 2.05) is 0 Å². The lowest BCUT2D eigenvalue weighted by Crippen LogP contribution is -2.66. The van der Waals surface area contributed by atoms with Gasteiger partial charge < -0.3 is 14.5 Å². The second-order valence-electron chi connectivity index (χ2n) is 7.84. The Morgan fingerprint density at radius 1 is 0.808 bits per heavy atom. The maximum absolute atomic E-state index is 8.97. The third-order valence-electron chi connectivity index (χ3n) is 4.84. The number of rotatable bonds is 9. The fourth-order valence-corrected chi connectivity index (χ4v) is 8.20. The average Bonchev–Trinajstić information content (AvgIpc) is 2.61. The van der Waals surface area contributed by atoms with Crippen LogP contribution in [0.15, 0.2) is 60.7 Å². The molecular weight excluding hydrogens is 339 g/mol. The highest BCUT2D eigenvalue weighted by molar-refractivity contribution is 6.99. The molecular formula is C21H31BO3Si. The maximum Gasteiger partial charge on any atom is 0.451 e. The zero-order chi connectivity index (χ0) is 19.0. The van der Waals surface area contributed by atoms with Crippen molar-refractivity contribution < 1.29 is 14.5 Å². The fraction of sp³-hybridized carbons (Fsp3) is 0.429. The van der Waals surface area contributed by atoms with Gasteiger partial charge in [-0.2, -0.15) is 0 Å². The average molecular weight is 370 g/mol. The van der Waals surface area contributed by atoms with Gasteiger partial charge in [0, 0.05) is 6.61 Å². The van der Waals surface area contributed by atoms with Gasteiger partial charge in [0.2, 0.25) is 0 Å². The number of benzene rings is 2. The highest BCUT2D eigenvalue weighted by Gasteiger charge is 2.49. The molecule has 0 heterocycles. The number of hydrogen-bond donors (Lipinski definition) is 2. The van der Waals surface area contributed by atoms with Gasteiger partial charge in [0.1, 0.15) is 0 Å². The Hall–Kier alpha value is -1.40. The summed E-state index contributed by atoms with van der Waals surface area (Å²) < 4.78 is 6.79. The normalized spacial score (nSPS) is 12.2. The van der Waals surface area contributed by atoms with Gasteiger partial charge in [-0.25, -0.2) is 0 Å². The van der Waals surface area contributed by atoms with Gasteiger partial charge in [-0.05, 0) is 28.2 Å². The highest BCUT2D eigenvalue weighted by atomic mass is 28.4. The van der Waals surface area contributed by atoms with Gasteiger partial charge in [0.05, 0.1) is 0 Å². The van der Waals surface area contributed by atoms with Crippen molar-refractivity contribution in [1.82, 2.24) is 0 Å². The molecule has 0 atom stereocenters. The predicted molar refractivity (Wildman–Crippen MR) is 112 cm³/mol. The Morgan fingerprint density at radius 3 is 1.73 bits per heavy atom. The van der Waals surface area contributed by atoms with Crippen molar-refractivity contribution in [2.45, 2.75) is 51.4 Å². The largest absolute Gasteiger partial charge is 0.451 e. The monoisotopic (exact) mass is 370 g/mol. The lowest BCUT2D eigenvalue weighted by atomic mass is 9.83. The third-order valence-corrected chi connectivity index (χ3v) is 9.88. The Bertz CT molecular complexity index is 602.